The lowest BCUT2D eigenvalue weighted by molar-refractivity contribution is 0.982. The van der Waals surface area contributed by atoms with Gasteiger partial charge in [0.15, 0.2) is 0 Å². The van der Waals surface area contributed by atoms with Crippen LogP contribution in [0.15, 0.2) is 158 Å². The van der Waals surface area contributed by atoms with E-state index in [1.54, 1.807) is 0 Å². The lowest BCUT2D eigenvalue weighted by atomic mass is 9.90. The average Bonchev–Trinajstić information content (AvgIpc) is 3.81. The molecule has 2 aromatic heterocycles. The van der Waals surface area contributed by atoms with Crippen LogP contribution in [0, 0.1) is 0 Å². The molecular formula is C48H30N2. The van der Waals surface area contributed by atoms with E-state index in [2.05, 4.69) is 167 Å². The second kappa shape index (κ2) is 9.62. The van der Waals surface area contributed by atoms with Crippen molar-refractivity contribution < 1.29 is 0 Å². The Balaban J connectivity index is 1.25. The summed E-state index contributed by atoms with van der Waals surface area (Å²) in [4.78, 5) is 0. The zero-order valence-corrected chi connectivity index (χ0v) is 27.3. The first-order valence-electron chi connectivity index (χ1n) is 17.7. The molecule has 0 saturated heterocycles. The first-order chi connectivity index (χ1) is 24.8. The maximum Gasteiger partial charge on any atom is 0.0641 e. The van der Waals surface area contributed by atoms with Gasteiger partial charge in [-0.25, -0.2) is 0 Å². The first-order valence-corrected chi connectivity index (χ1v) is 17.7. The Bertz CT molecular complexity index is 3150. The van der Waals surface area contributed by atoms with Crippen molar-refractivity contribution in [3.63, 3.8) is 0 Å². The third-order valence-electron chi connectivity index (χ3n) is 11.5. The lowest BCUT2D eigenvalue weighted by Crippen LogP contribution is -1.97. The van der Waals surface area contributed by atoms with Crippen LogP contribution < -0.4 is 0 Å². The third-order valence-corrected chi connectivity index (χ3v) is 11.5. The van der Waals surface area contributed by atoms with E-state index in [9.17, 15) is 0 Å². The van der Waals surface area contributed by atoms with Crippen molar-refractivity contribution in [3.05, 3.63) is 174 Å². The van der Waals surface area contributed by atoms with Crippen LogP contribution in [-0.4, -0.2) is 9.13 Å². The largest absolute Gasteiger partial charge is 0.309 e. The summed E-state index contributed by atoms with van der Waals surface area (Å²) >= 11 is 0. The van der Waals surface area contributed by atoms with Crippen LogP contribution in [0.1, 0.15) is 23.1 Å². The van der Waals surface area contributed by atoms with Crippen molar-refractivity contribution in [2.75, 3.05) is 0 Å². The average molecular weight is 635 g/mol. The van der Waals surface area contributed by atoms with Crippen LogP contribution in [0.2, 0.25) is 0 Å². The highest BCUT2D eigenvalue weighted by molar-refractivity contribution is 6.31. The second-order valence-electron chi connectivity index (χ2n) is 14.0. The highest BCUT2D eigenvalue weighted by Gasteiger charge is 2.29. The predicted molar refractivity (Wildman–Crippen MR) is 211 cm³/mol. The van der Waals surface area contributed by atoms with Crippen LogP contribution in [0.4, 0.5) is 0 Å². The number of hydrogen-bond donors (Lipinski definition) is 0. The molecule has 0 unspecified atom stereocenters. The Hall–Kier alpha value is -6.38. The Kier molecular flexibility index (Phi) is 5.11. The van der Waals surface area contributed by atoms with Crippen LogP contribution in [0.3, 0.4) is 0 Å². The molecule has 0 amide bonds. The van der Waals surface area contributed by atoms with E-state index in [0.717, 1.165) is 12.8 Å². The molecule has 0 atom stereocenters. The van der Waals surface area contributed by atoms with Gasteiger partial charge in [0.05, 0.1) is 22.1 Å². The summed E-state index contributed by atoms with van der Waals surface area (Å²) in [6.45, 7) is 0. The molecule has 2 nitrogen and oxygen atoms in total. The molecule has 0 saturated carbocycles. The van der Waals surface area contributed by atoms with Crippen LogP contribution in [0.5, 0.6) is 0 Å². The minimum Gasteiger partial charge on any atom is -0.309 e. The fourth-order valence-corrected chi connectivity index (χ4v) is 9.38. The number of benzene rings is 8. The molecule has 8 aromatic carbocycles. The third kappa shape index (κ3) is 3.38. The monoisotopic (exact) mass is 634 g/mol. The number of allylic oxidation sites excluding steroid dienone is 1. The van der Waals surface area contributed by atoms with Crippen LogP contribution >= 0.6 is 0 Å². The highest BCUT2D eigenvalue weighted by atomic mass is 15.0. The van der Waals surface area contributed by atoms with E-state index in [4.69, 9.17) is 0 Å². The number of fused-ring (bicyclic) bond motifs is 13. The Labute approximate surface area is 288 Å². The maximum absolute atomic E-state index is 2.52. The van der Waals surface area contributed by atoms with Gasteiger partial charge < -0.3 is 9.13 Å². The minimum atomic E-state index is 1.11. The second-order valence-corrected chi connectivity index (χ2v) is 14.0. The van der Waals surface area contributed by atoms with Crippen molar-refractivity contribution in [1.29, 1.82) is 0 Å². The topological polar surface area (TPSA) is 9.86 Å². The quantitative estimate of drug-likeness (QED) is 0.179. The fraction of sp³-hybridized carbons (Fsp3) is 0.0417. The van der Waals surface area contributed by atoms with Gasteiger partial charge in [-0.05, 0) is 110 Å². The number of aromatic nitrogens is 2. The molecule has 50 heavy (non-hydrogen) atoms. The van der Waals surface area contributed by atoms with E-state index >= 15 is 0 Å². The Morgan fingerprint density at radius 2 is 1.16 bits per heavy atom. The lowest BCUT2D eigenvalue weighted by Gasteiger charge is -2.14. The molecule has 0 bridgehead atoms. The standard InChI is InChI=1S/C48H30N2/c1-2-11-32-27-33(21-19-29(32)9-1)50-42-18-6-5-15-37(42)40-24-26-44-47(48(40)50)46-35-14-4-3-10-30(35)20-25-43(46)49(44)34-22-23-36-38-16-7-12-31-13-8-17-39(45(31)38)41(36)28-34/h1-6,8-11,13-28H,7,12H2. The molecule has 2 aliphatic rings. The van der Waals surface area contributed by atoms with Gasteiger partial charge in [0.2, 0.25) is 0 Å². The number of nitrogens with zero attached hydrogens (tertiary/aromatic N) is 2. The molecule has 0 spiro atoms. The molecule has 12 rings (SSSR count). The van der Waals surface area contributed by atoms with E-state index in [1.807, 2.05) is 0 Å². The van der Waals surface area contributed by atoms with Gasteiger partial charge in [-0.2, -0.15) is 0 Å². The smallest absolute Gasteiger partial charge is 0.0641 e. The summed E-state index contributed by atoms with van der Waals surface area (Å²) in [5.74, 6) is 0. The molecule has 0 N–H and O–H groups in total. The van der Waals surface area contributed by atoms with Gasteiger partial charge in [0.25, 0.3) is 0 Å². The van der Waals surface area contributed by atoms with Gasteiger partial charge in [-0.3, -0.25) is 0 Å². The molecule has 0 aliphatic heterocycles. The van der Waals surface area contributed by atoms with Gasteiger partial charge >= 0.3 is 0 Å². The van der Waals surface area contributed by atoms with Gasteiger partial charge in [0, 0.05) is 32.9 Å². The summed E-state index contributed by atoms with van der Waals surface area (Å²) in [5.41, 5.74) is 15.7. The zero-order chi connectivity index (χ0) is 32.5. The van der Waals surface area contributed by atoms with E-state index in [1.165, 1.54) is 110 Å². The molecular weight excluding hydrogens is 605 g/mol. The van der Waals surface area contributed by atoms with E-state index in [-0.39, 0.29) is 0 Å². The molecule has 2 heterocycles. The number of hydrogen-bond acceptors (Lipinski definition) is 0. The van der Waals surface area contributed by atoms with E-state index in [0.29, 0.717) is 0 Å². The van der Waals surface area contributed by atoms with Crippen molar-refractivity contribution in [3.8, 4) is 22.5 Å². The van der Waals surface area contributed by atoms with Gasteiger partial charge in [-0.15, -0.1) is 0 Å². The Morgan fingerprint density at radius 1 is 0.420 bits per heavy atom. The molecule has 0 fully saturated rings. The van der Waals surface area contributed by atoms with Crippen molar-refractivity contribution in [2.45, 2.75) is 12.8 Å². The van der Waals surface area contributed by atoms with Crippen molar-refractivity contribution in [2.24, 2.45) is 0 Å². The molecule has 232 valence electrons. The van der Waals surface area contributed by atoms with Crippen molar-refractivity contribution in [1.82, 2.24) is 9.13 Å². The SMILES string of the molecule is C1=C2c3ccc(-n4c5ccc6ccccc6c5c5c4ccc4c6ccccc6n(-c6ccc7ccccc7c6)c45)cc3-c3cccc(c32)CC1. The number of para-hydroxylation sites is 1. The minimum absolute atomic E-state index is 1.11. The molecule has 2 aliphatic carbocycles. The number of aryl methyl sites for hydroxylation is 1. The molecule has 10 aromatic rings. The highest BCUT2D eigenvalue weighted by Crippen LogP contribution is 2.50. The summed E-state index contributed by atoms with van der Waals surface area (Å²) in [6, 6.07) is 56.7. The fourth-order valence-electron chi connectivity index (χ4n) is 9.38. The van der Waals surface area contributed by atoms with Crippen molar-refractivity contribution >= 4 is 70.7 Å². The summed E-state index contributed by atoms with van der Waals surface area (Å²) in [6.07, 6.45) is 4.68. The maximum atomic E-state index is 2.52. The Morgan fingerprint density at radius 3 is 2.10 bits per heavy atom. The van der Waals surface area contributed by atoms with Crippen LogP contribution in [0.25, 0.3) is 93.2 Å². The van der Waals surface area contributed by atoms with Gasteiger partial charge in [-0.1, -0.05) is 115 Å². The normalized spacial score (nSPS) is 13.6. The molecule has 0 radical (unpaired) electrons. The summed E-state index contributed by atoms with van der Waals surface area (Å²) < 4.78 is 5.03. The zero-order valence-electron chi connectivity index (χ0n) is 27.3. The van der Waals surface area contributed by atoms with Crippen LogP contribution in [-0.2, 0) is 6.42 Å². The van der Waals surface area contributed by atoms with E-state index < -0.39 is 0 Å². The predicted octanol–water partition coefficient (Wildman–Crippen LogP) is 12.5. The number of rotatable bonds is 2. The molecule has 2 heteroatoms. The summed E-state index contributed by atoms with van der Waals surface area (Å²) in [5, 5.41) is 10.2. The van der Waals surface area contributed by atoms with Gasteiger partial charge in [0.1, 0.15) is 0 Å². The summed E-state index contributed by atoms with van der Waals surface area (Å²) in [7, 11) is 0. The first kappa shape index (κ1) is 26.6.